The van der Waals surface area contributed by atoms with Crippen LogP contribution in [-0.4, -0.2) is 65.0 Å². The van der Waals surface area contributed by atoms with Crippen LogP contribution in [0.3, 0.4) is 0 Å². The van der Waals surface area contributed by atoms with Crippen molar-refractivity contribution in [2.45, 2.75) is 39.3 Å². The summed E-state index contributed by atoms with van der Waals surface area (Å²) in [5.41, 5.74) is 0.641. The largest absolute Gasteiger partial charge is 0.351 e. The molecule has 0 unspecified atom stereocenters. The lowest BCUT2D eigenvalue weighted by atomic mass is 9.92. The maximum Gasteiger partial charge on any atom is 0.255 e. The second kappa shape index (κ2) is 9.11. The van der Waals surface area contributed by atoms with E-state index in [9.17, 15) is 9.59 Å². The summed E-state index contributed by atoms with van der Waals surface area (Å²) < 4.78 is 0. The zero-order valence-corrected chi connectivity index (χ0v) is 17.4. The summed E-state index contributed by atoms with van der Waals surface area (Å²) in [4.78, 5) is 29.8. The minimum atomic E-state index is -0.385. The first-order valence-corrected chi connectivity index (χ1v) is 11.1. The Morgan fingerprint density at radius 1 is 1.19 bits per heavy atom. The molecule has 4 atom stereocenters. The second-order valence-electron chi connectivity index (χ2n) is 8.23. The van der Waals surface area contributed by atoms with Gasteiger partial charge < -0.3 is 15.1 Å². The van der Waals surface area contributed by atoms with Crippen molar-refractivity contribution < 1.29 is 9.59 Å². The van der Waals surface area contributed by atoms with Gasteiger partial charge in [-0.2, -0.15) is 0 Å². The summed E-state index contributed by atoms with van der Waals surface area (Å²) in [6.07, 6.45) is 1.28. The van der Waals surface area contributed by atoms with E-state index < -0.39 is 0 Å². The molecule has 148 valence electrons. The Hall–Kier alpha value is -1.53. The predicted octanol–water partition coefficient (Wildman–Crippen LogP) is 2.68. The third-order valence-corrected chi connectivity index (χ3v) is 6.34. The number of nitrogens with zero attached hydrogens (tertiary/aromatic N) is 2. The van der Waals surface area contributed by atoms with Crippen LogP contribution >= 0.6 is 11.8 Å². The highest BCUT2D eigenvalue weighted by molar-refractivity contribution is 7.99. The Morgan fingerprint density at radius 2 is 1.85 bits per heavy atom. The Balaban J connectivity index is 1.55. The van der Waals surface area contributed by atoms with E-state index in [0.717, 1.165) is 19.6 Å². The fourth-order valence-corrected chi connectivity index (χ4v) is 5.47. The number of amides is 2. The zero-order chi connectivity index (χ0) is 19.4. The van der Waals surface area contributed by atoms with Crippen LogP contribution < -0.4 is 5.32 Å². The highest BCUT2D eigenvalue weighted by Gasteiger charge is 2.35. The summed E-state index contributed by atoms with van der Waals surface area (Å²) in [6.45, 7) is 9.73. The van der Waals surface area contributed by atoms with E-state index in [1.165, 1.54) is 6.42 Å². The van der Waals surface area contributed by atoms with E-state index >= 15 is 0 Å². The van der Waals surface area contributed by atoms with Crippen molar-refractivity contribution in [2.75, 3.05) is 31.3 Å². The Bertz CT molecular complexity index is 644. The summed E-state index contributed by atoms with van der Waals surface area (Å²) in [7, 11) is 0. The molecule has 2 fully saturated rings. The highest BCUT2D eigenvalue weighted by Crippen LogP contribution is 2.24. The number of nitrogens with one attached hydrogen (secondary N) is 1. The van der Waals surface area contributed by atoms with Gasteiger partial charge in [0.15, 0.2) is 0 Å². The quantitative estimate of drug-likeness (QED) is 0.841. The van der Waals surface area contributed by atoms with E-state index in [2.05, 4.69) is 31.0 Å². The van der Waals surface area contributed by atoms with Crippen molar-refractivity contribution >= 4 is 23.6 Å². The molecule has 0 spiro atoms. The minimum absolute atomic E-state index is 0.0325. The van der Waals surface area contributed by atoms with Gasteiger partial charge in [0.25, 0.3) is 5.91 Å². The van der Waals surface area contributed by atoms with Gasteiger partial charge in [-0.3, -0.25) is 9.59 Å². The molecule has 0 saturated carbocycles. The average Bonchev–Trinajstić information content (AvgIpc) is 3.10. The van der Waals surface area contributed by atoms with Crippen LogP contribution in [0.15, 0.2) is 30.3 Å². The lowest BCUT2D eigenvalue weighted by molar-refractivity contribution is -0.125. The molecule has 5 nitrogen and oxygen atoms in total. The molecule has 2 amide bonds. The first-order chi connectivity index (χ1) is 12.9. The van der Waals surface area contributed by atoms with E-state index in [4.69, 9.17) is 0 Å². The van der Waals surface area contributed by atoms with Gasteiger partial charge >= 0.3 is 0 Å². The predicted molar refractivity (Wildman–Crippen MR) is 111 cm³/mol. The fraction of sp³-hybridized carbons (Fsp3) is 0.619. The normalized spacial score (nSPS) is 27.4. The van der Waals surface area contributed by atoms with E-state index in [1.54, 1.807) is 16.7 Å². The standard InChI is InChI=1S/C21H31N3O2S/c1-15-9-16(2)11-23(10-15)12-17(3)22-20(25)19-13-27-14-24(19)21(26)18-7-5-4-6-8-18/h4-8,15-17,19H,9-14H2,1-3H3,(H,22,25)/t15-,16+,17-,19+/m1/s1. The monoisotopic (exact) mass is 389 g/mol. The van der Waals surface area contributed by atoms with Crippen molar-refractivity contribution in [3.8, 4) is 0 Å². The van der Waals surface area contributed by atoms with Gasteiger partial charge in [-0.25, -0.2) is 0 Å². The van der Waals surface area contributed by atoms with E-state index in [1.807, 2.05) is 30.3 Å². The summed E-state index contributed by atoms with van der Waals surface area (Å²) >= 11 is 1.64. The van der Waals surface area contributed by atoms with Crippen LogP contribution in [0, 0.1) is 11.8 Å². The van der Waals surface area contributed by atoms with E-state index in [-0.39, 0.29) is 23.9 Å². The molecule has 2 aliphatic heterocycles. The Kier molecular flexibility index (Phi) is 6.82. The molecule has 2 aliphatic rings. The molecule has 27 heavy (non-hydrogen) atoms. The van der Waals surface area contributed by atoms with Crippen molar-refractivity contribution in [1.82, 2.24) is 15.1 Å². The topological polar surface area (TPSA) is 52.7 Å². The second-order valence-corrected chi connectivity index (χ2v) is 9.23. The number of benzene rings is 1. The van der Waals surface area contributed by atoms with Gasteiger partial charge in [0, 0.05) is 37.0 Å². The molecule has 0 radical (unpaired) electrons. The van der Waals surface area contributed by atoms with Crippen LogP contribution in [0.2, 0.25) is 0 Å². The van der Waals surface area contributed by atoms with Crippen LogP contribution in [0.5, 0.6) is 0 Å². The minimum Gasteiger partial charge on any atom is -0.351 e. The number of carbonyl (C=O) groups is 2. The summed E-state index contributed by atoms with van der Waals surface area (Å²) in [6, 6.07) is 8.91. The summed E-state index contributed by atoms with van der Waals surface area (Å²) in [5.74, 6) is 2.56. The average molecular weight is 390 g/mol. The number of thioether (sulfide) groups is 1. The smallest absolute Gasteiger partial charge is 0.255 e. The SMILES string of the molecule is C[C@@H]1C[C@H](C)CN(C[C@@H](C)NC(=O)[C@@H]2CSCN2C(=O)c2ccccc2)C1. The third-order valence-electron chi connectivity index (χ3n) is 5.33. The Labute approximate surface area is 166 Å². The highest BCUT2D eigenvalue weighted by atomic mass is 32.2. The molecule has 0 aromatic heterocycles. The van der Waals surface area contributed by atoms with Crippen molar-refractivity contribution in [3.05, 3.63) is 35.9 Å². The van der Waals surface area contributed by atoms with Crippen molar-refractivity contribution in [1.29, 1.82) is 0 Å². The molecule has 0 bridgehead atoms. The van der Waals surface area contributed by atoms with Crippen molar-refractivity contribution in [2.24, 2.45) is 11.8 Å². The molecular weight excluding hydrogens is 358 g/mol. The number of carbonyl (C=O) groups excluding carboxylic acids is 2. The maximum absolute atomic E-state index is 12.8. The fourth-order valence-electron chi connectivity index (χ4n) is 4.32. The van der Waals surface area contributed by atoms with Gasteiger partial charge in [0.05, 0.1) is 5.88 Å². The van der Waals surface area contributed by atoms with Gasteiger partial charge in [0.1, 0.15) is 6.04 Å². The molecule has 1 aromatic rings. The Morgan fingerprint density at radius 3 is 2.52 bits per heavy atom. The van der Waals surface area contributed by atoms with Crippen LogP contribution in [0.25, 0.3) is 0 Å². The molecule has 3 rings (SSSR count). The number of hydrogen-bond acceptors (Lipinski definition) is 4. The van der Waals surface area contributed by atoms with Gasteiger partial charge in [-0.1, -0.05) is 32.0 Å². The molecule has 6 heteroatoms. The lowest BCUT2D eigenvalue weighted by Crippen LogP contribution is -2.52. The number of piperidine rings is 1. The van der Waals surface area contributed by atoms with Gasteiger partial charge in [0.2, 0.25) is 5.91 Å². The van der Waals surface area contributed by atoms with Gasteiger partial charge in [-0.05, 0) is 37.3 Å². The van der Waals surface area contributed by atoms with Crippen LogP contribution in [-0.2, 0) is 4.79 Å². The van der Waals surface area contributed by atoms with Crippen LogP contribution in [0.4, 0.5) is 0 Å². The molecule has 2 heterocycles. The molecule has 2 saturated heterocycles. The van der Waals surface area contributed by atoms with Crippen LogP contribution in [0.1, 0.15) is 37.6 Å². The lowest BCUT2D eigenvalue weighted by Gasteiger charge is -2.36. The number of rotatable bonds is 5. The summed E-state index contributed by atoms with van der Waals surface area (Å²) in [5, 5.41) is 3.15. The molecular formula is C21H31N3O2S. The van der Waals surface area contributed by atoms with Crippen molar-refractivity contribution in [3.63, 3.8) is 0 Å². The molecule has 1 N–H and O–H groups in total. The number of hydrogen-bond donors (Lipinski definition) is 1. The molecule has 0 aliphatic carbocycles. The maximum atomic E-state index is 12.8. The van der Waals surface area contributed by atoms with E-state index in [0.29, 0.717) is 29.0 Å². The first-order valence-electron chi connectivity index (χ1n) is 9.90. The number of likely N-dealkylation sites (tertiary alicyclic amines) is 1. The van der Waals surface area contributed by atoms with Gasteiger partial charge in [-0.15, -0.1) is 11.8 Å². The molecule has 1 aromatic carbocycles. The third kappa shape index (κ3) is 5.26. The zero-order valence-electron chi connectivity index (χ0n) is 16.6. The first kappa shape index (κ1) is 20.2.